The van der Waals surface area contributed by atoms with Crippen LogP contribution in [0.15, 0.2) is 18.2 Å². The highest BCUT2D eigenvalue weighted by Crippen LogP contribution is 2.28. The second-order valence-corrected chi connectivity index (χ2v) is 5.32. The summed E-state index contributed by atoms with van der Waals surface area (Å²) >= 11 is 0. The van der Waals surface area contributed by atoms with Crippen LogP contribution in [-0.4, -0.2) is 18.9 Å². The smallest absolute Gasteiger partial charge is 0.122 e. The maximum atomic E-state index is 7.47. The third-order valence-electron chi connectivity index (χ3n) is 4.01. The van der Waals surface area contributed by atoms with Crippen LogP contribution in [0.3, 0.4) is 0 Å². The fraction of sp³-hybridized carbons (Fsp3) is 0.533. The lowest BCUT2D eigenvalue weighted by atomic mass is 9.93. The van der Waals surface area contributed by atoms with E-state index in [2.05, 4.69) is 24.9 Å². The minimum Gasteiger partial charge on any atom is -0.384 e. The summed E-state index contributed by atoms with van der Waals surface area (Å²) < 4.78 is 0. The molecule has 0 heterocycles. The lowest BCUT2D eigenvalue weighted by Gasteiger charge is -2.34. The summed E-state index contributed by atoms with van der Waals surface area (Å²) in [6.45, 7) is 2.10. The van der Waals surface area contributed by atoms with Crippen molar-refractivity contribution in [1.82, 2.24) is 0 Å². The fourth-order valence-electron chi connectivity index (χ4n) is 2.88. The molecule has 0 amide bonds. The van der Waals surface area contributed by atoms with Gasteiger partial charge in [-0.3, -0.25) is 5.41 Å². The van der Waals surface area contributed by atoms with Crippen LogP contribution in [-0.2, 0) is 0 Å². The summed E-state index contributed by atoms with van der Waals surface area (Å²) in [6, 6.07) is 6.72. The number of benzene rings is 1. The Morgan fingerprint density at radius 3 is 2.50 bits per heavy atom. The highest BCUT2D eigenvalue weighted by atomic mass is 15.1. The van der Waals surface area contributed by atoms with Crippen molar-refractivity contribution in [2.45, 2.75) is 45.1 Å². The summed E-state index contributed by atoms with van der Waals surface area (Å²) in [6.07, 6.45) is 6.67. The Morgan fingerprint density at radius 2 is 1.94 bits per heavy atom. The molecule has 1 aromatic rings. The third kappa shape index (κ3) is 2.66. The van der Waals surface area contributed by atoms with Crippen LogP contribution in [0.2, 0.25) is 0 Å². The molecule has 98 valence electrons. The van der Waals surface area contributed by atoms with Gasteiger partial charge in [0.05, 0.1) is 0 Å². The Kier molecular flexibility index (Phi) is 3.90. The van der Waals surface area contributed by atoms with Gasteiger partial charge in [0, 0.05) is 24.3 Å². The van der Waals surface area contributed by atoms with E-state index >= 15 is 0 Å². The maximum Gasteiger partial charge on any atom is 0.122 e. The van der Waals surface area contributed by atoms with Crippen molar-refractivity contribution in [3.63, 3.8) is 0 Å². The van der Waals surface area contributed by atoms with Crippen molar-refractivity contribution >= 4 is 11.5 Å². The van der Waals surface area contributed by atoms with Crippen molar-refractivity contribution < 1.29 is 0 Å². The molecule has 2 rings (SSSR count). The molecule has 0 bridgehead atoms. The van der Waals surface area contributed by atoms with E-state index in [0.29, 0.717) is 6.04 Å². The number of nitrogen functional groups attached to an aromatic ring is 1. The van der Waals surface area contributed by atoms with Crippen molar-refractivity contribution in [2.24, 2.45) is 5.73 Å². The first-order chi connectivity index (χ1) is 8.59. The number of rotatable bonds is 3. The number of hydrogen-bond acceptors (Lipinski definition) is 2. The molecule has 0 atom stereocenters. The summed E-state index contributed by atoms with van der Waals surface area (Å²) in [5.74, 6) is 0.143. The lowest BCUT2D eigenvalue weighted by molar-refractivity contribution is 0.427. The zero-order valence-electron chi connectivity index (χ0n) is 11.4. The Labute approximate surface area is 109 Å². The van der Waals surface area contributed by atoms with Gasteiger partial charge >= 0.3 is 0 Å². The van der Waals surface area contributed by atoms with E-state index in [-0.39, 0.29) is 5.84 Å². The molecular formula is C15H23N3. The number of aryl methyl sites for hydroxylation is 1. The van der Waals surface area contributed by atoms with Gasteiger partial charge in [-0.25, -0.2) is 0 Å². The highest BCUT2D eigenvalue weighted by molar-refractivity contribution is 5.95. The van der Waals surface area contributed by atoms with E-state index in [1.807, 2.05) is 12.1 Å². The van der Waals surface area contributed by atoms with Gasteiger partial charge in [-0.1, -0.05) is 19.3 Å². The first kappa shape index (κ1) is 12.9. The van der Waals surface area contributed by atoms with Crippen molar-refractivity contribution in [2.75, 3.05) is 11.9 Å². The number of nitrogens with zero attached hydrogens (tertiary/aromatic N) is 1. The molecular weight excluding hydrogens is 222 g/mol. The van der Waals surface area contributed by atoms with Gasteiger partial charge in [-0.15, -0.1) is 0 Å². The summed E-state index contributed by atoms with van der Waals surface area (Å²) in [7, 11) is 2.19. The Hall–Kier alpha value is -1.51. The van der Waals surface area contributed by atoms with Gasteiger partial charge < -0.3 is 10.6 Å². The first-order valence-electron chi connectivity index (χ1n) is 6.77. The molecule has 1 aromatic carbocycles. The molecule has 1 saturated carbocycles. The molecule has 1 aliphatic rings. The summed E-state index contributed by atoms with van der Waals surface area (Å²) in [5.41, 5.74) is 8.81. The first-order valence-corrected chi connectivity index (χ1v) is 6.77. The van der Waals surface area contributed by atoms with Crippen LogP contribution in [0.4, 0.5) is 5.69 Å². The van der Waals surface area contributed by atoms with Crippen molar-refractivity contribution in [1.29, 1.82) is 5.41 Å². The van der Waals surface area contributed by atoms with Crippen LogP contribution >= 0.6 is 0 Å². The Bertz CT molecular complexity index is 433. The molecule has 3 heteroatoms. The molecule has 1 fully saturated rings. The van der Waals surface area contributed by atoms with E-state index in [0.717, 1.165) is 5.56 Å². The average molecular weight is 245 g/mol. The van der Waals surface area contributed by atoms with Crippen LogP contribution in [0.25, 0.3) is 0 Å². The van der Waals surface area contributed by atoms with Gasteiger partial charge in [-0.2, -0.15) is 0 Å². The van der Waals surface area contributed by atoms with E-state index < -0.39 is 0 Å². The topological polar surface area (TPSA) is 53.1 Å². The molecule has 0 unspecified atom stereocenters. The zero-order chi connectivity index (χ0) is 13.1. The normalized spacial score (nSPS) is 16.6. The fourth-order valence-corrected chi connectivity index (χ4v) is 2.88. The van der Waals surface area contributed by atoms with E-state index in [1.165, 1.54) is 43.4 Å². The van der Waals surface area contributed by atoms with Crippen molar-refractivity contribution in [3.8, 4) is 0 Å². The number of anilines is 1. The van der Waals surface area contributed by atoms with Gasteiger partial charge in [0.25, 0.3) is 0 Å². The second kappa shape index (κ2) is 5.42. The monoisotopic (exact) mass is 245 g/mol. The van der Waals surface area contributed by atoms with Gasteiger partial charge in [0.15, 0.2) is 0 Å². The molecule has 0 spiro atoms. The average Bonchev–Trinajstić information content (AvgIpc) is 2.38. The largest absolute Gasteiger partial charge is 0.384 e. The number of nitrogens with two attached hydrogens (primary N) is 1. The quantitative estimate of drug-likeness (QED) is 0.635. The number of amidine groups is 1. The van der Waals surface area contributed by atoms with Gasteiger partial charge in [0.2, 0.25) is 0 Å². The maximum absolute atomic E-state index is 7.47. The molecule has 0 aromatic heterocycles. The molecule has 1 aliphatic carbocycles. The molecule has 3 N–H and O–H groups in total. The van der Waals surface area contributed by atoms with Crippen LogP contribution in [0, 0.1) is 12.3 Å². The highest BCUT2D eigenvalue weighted by Gasteiger charge is 2.19. The lowest BCUT2D eigenvalue weighted by Crippen LogP contribution is -2.33. The minimum atomic E-state index is 0.143. The molecule has 3 nitrogen and oxygen atoms in total. The molecule has 0 aliphatic heterocycles. The van der Waals surface area contributed by atoms with Crippen LogP contribution in [0.5, 0.6) is 0 Å². The van der Waals surface area contributed by atoms with Crippen LogP contribution in [0.1, 0.15) is 43.2 Å². The predicted molar refractivity (Wildman–Crippen MR) is 77.5 cm³/mol. The van der Waals surface area contributed by atoms with E-state index in [9.17, 15) is 0 Å². The zero-order valence-corrected chi connectivity index (χ0v) is 11.4. The summed E-state index contributed by atoms with van der Waals surface area (Å²) in [4.78, 5) is 2.40. The van der Waals surface area contributed by atoms with E-state index in [1.54, 1.807) is 0 Å². The molecule has 18 heavy (non-hydrogen) atoms. The molecule has 0 saturated heterocycles. The number of hydrogen-bond donors (Lipinski definition) is 2. The Morgan fingerprint density at radius 1 is 1.28 bits per heavy atom. The van der Waals surface area contributed by atoms with Crippen LogP contribution < -0.4 is 10.6 Å². The SMILES string of the molecule is Cc1cc(C(=N)N)ccc1N(C)C1CCCCC1. The number of nitrogens with one attached hydrogen (secondary N) is 1. The van der Waals surface area contributed by atoms with Gasteiger partial charge in [0.1, 0.15) is 5.84 Å². The third-order valence-corrected chi connectivity index (χ3v) is 4.01. The Balaban J connectivity index is 2.19. The van der Waals surface area contributed by atoms with Gasteiger partial charge in [-0.05, 0) is 43.5 Å². The summed E-state index contributed by atoms with van der Waals surface area (Å²) in [5, 5.41) is 7.47. The predicted octanol–water partition coefficient (Wildman–Crippen LogP) is 3.05. The second-order valence-electron chi connectivity index (χ2n) is 5.32. The standard InChI is InChI=1S/C15H23N3/c1-11-10-12(15(16)17)8-9-14(11)18(2)13-6-4-3-5-7-13/h8-10,13H,3-7H2,1-2H3,(H3,16,17). The van der Waals surface area contributed by atoms with Crippen molar-refractivity contribution in [3.05, 3.63) is 29.3 Å². The minimum absolute atomic E-state index is 0.143. The molecule has 0 radical (unpaired) electrons. The van der Waals surface area contributed by atoms with E-state index in [4.69, 9.17) is 11.1 Å².